The molecule has 1 N–H and O–H groups in total. The topological polar surface area (TPSA) is 38.1 Å². The van der Waals surface area contributed by atoms with Crippen molar-refractivity contribution in [3.05, 3.63) is 53.3 Å². The van der Waals surface area contributed by atoms with Gasteiger partial charge in [-0.3, -0.25) is 4.68 Å². The molecule has 1 aromatic heterocycles. The van der Waals surface area contributed by atoms with E-state index in [2.05, 4.69) is 5.10 Å². The van der Waals surface area contributed by atoms with E-state index in [-0.39, 0.29) is 13.2 Å². The predicted molar refractivity (Wildman–Crippen MR) is 63.6 cm³/mol. The van der Waals surface area contributed by atoms with E-state index in [0.717, 1.165) is 17.7 Å². The van der Waals surface area contributed by atoms with Crippen LogP contribution in [0.25, 0.3) is 0 Å². The molecule has 0 fully saturated rings. The lowest BCUT2D eigenvalue weighted by molar-refractivity contribution is -0.137. The van der Waals surface area contributed by atoms with Crippen LogP contribution >= 0.6 is 0 Å². The molecule has 6 heteroatoms. The van der Waals surface area contributed by atoms with E-state index in [1.54, 1.807) is 23.1 Å². The Hall–Kier alpha value is -1.82. The minimum atomic E-state index is -4.33. The zero-order valence-corrected chi connectivity index (χ0v) is 10.1. The molecule has 0 unspecified atom stereocenters. The molecule has 2 aromatic rings. The summed E-state index contributed by atoms with van der Waals surface area (Å²) in [7, 11) is 0. The van der Waals surface area contributed by atoms with Crippen LogP contribution in [0.4, 0.5) is 13.2 Å². The van der Waals surface area contributed by atoms with Crippen molar-refractivity contribution in [1.82, 2.24) is 9.78 Å². The Bertz CT molecular complexity index is 549. The van der Waals surface area contributed by atoms with Crippen molar-refractivity contribution in [2.75, 3.05) is 6.61 Å². The molecule has 0 atom stereocenters. The fourth-order valence-electron chi connectivity index (χ4n) is 1.78. The monoisotopic (exact) mass is 270 g/mol. The minimum absolute atomic E-state index is 0.0231. The van der Waals surface area contributed by atoms with Crippen LogP contribution < -0.4 is 0 Å². The molecule has 3 nitrogen and oxygen atoms in total. The van der Waals surface area contributed by atoms with Gasteiger partial charge in [0.15, 0.2) is 0 Å². The van der Waals surface area contributed by atoms with Gasteiger partial charge in [-0.1, -0.05) is 12.1 Å². The standard InChI is InChI=1S/C13H13F3N2O/c14-13(15,16)12-3-1-2-10(6-12)8-18-9-11(4-5-19)7-17-18/h1-3,6-7,9,19H,4-5,8H2. The minimum Gasteiger partial charge on any atom is -0.396 e. The van der Waals surface area contributed by atoms with Crippen molar-refractivity contribution >= 4 is 0 Å². The van der Waals surface area contributed by atoms with Crippen LogP contribution in [0.2, 0.25) is 0 Å². The van der Waals surface area contributed by atoms with Gasteiger partial charge in [-0.05, 0) is 29.7 Å². The maximum Gasteiger partial charge on any atom is 0.416 e. The summed E-state index contributed by atoms with van der Waals surface area (Å²) in [6, 6.07) is 5.18. The van der Waals surface area contributed by atoms with Gasteiger partial charge in [-0.25, -0.2) is 0 Å². The number of aliphatic hydroxyl groups excluding tert-OH is 1. The summed E-state index contributed by atoms with van der Waals surface area (Å²) in [5, 5.41) is 12.8. The van der Waals surface area contributed by atoms with Gasteiger partial charge in [-0.2, -0.15) is 18.3 Å². The Morgan fingerprint density at radius 1 is 1.21 bits per heavy atom. The summed E-state index contributed by atoms with van der Waals surface area (Å²) < 4.78 is 39.2. The fourth-order valence-corrected chi connectivity index (χ4v) is 1.78. The van der Waals surface area contributed by atoms with E-state index < -0.39 is 11.7 Å². The van der Waals surface area contributed by atoms with Gasteiger partial charge in [-0.15, -0.1) is 0 Å². The van der Waals surface area contributed by atoms with Crippen molar-refractivity contribution in [2.45, 2.75) is 19.1 Å². The van der Waals surface area contributed by atoms with Gasteiger partial charge < -0.3 is 5.11 Å². The summed E-state index contributed by atoms with van der Waals surface area (Å²) in [5.74, 6) is 0. The maximum atomic E-state index is 12.6. The first-order chi connectivity index (χ1) is 8.99. The molecule has 0 aliphatic heterocycles. The Labute approximate surface area is 108 Å². The first-order valence-electron chi connectivity index (χ1n) is 5.77. The molecule has 1 heterocycles. The number of hydrogen-bond acceptors (Lipinski definition) is 2. The highest BCUT2D eigenvalue weighted by molar-refractivity contribution is 5.25. The number of nitrogens with zero attached hydrogens (tertiary/aromatic N) is 2. The summed E-state index contributed by atoms with van der Waals surface area (Å²) >= 11 is 0. The van der Waals surface area contributed by atoms with Crippen molar-refractivity contribution < 1.29 is 18.3 Å². The molecule has 0 saturated heterocycles. The number of benzene rings is 1. The first-order valence-corrected chi connectivity index (χ1v) is 5.77. The normalized spacial score (nSPS) is 11.8. The quantitative estimate of drug-likeness (QED) is 0.927. The molecular formula is C13H13F3N2O. The van der Waals surface area contributed by atoms with Crippen LogP contribution in [-0.4, -0.2) is 21.5 Å². The van der Waals surface area contributed by atoms with Crippen molar-refractivity contribution in [1.29, 1.82) is 0 Å². The smallest absolute Gasteiger partial charge is 0.396 e. The molecule has 102 valence electrons. The average Bonchev–Trinajstić information content (AvgIpc) is 2.76. The zero-order valence-electron chi connectivity index (χ0n) is 10.1. The number of aromatic nitrogens is 2. The van der Waals surface area contributed by atoms with Crippen LogP contribution in [0, 0.1) is 0 Å². The number of hydrogen-bond donors (Lipinski definition) is 1. The third-order valence-corrected chi connectivity index (χ3v) is 2.69. The van der Waals surface area contributed by atoms with Crippen LogP contribution in [0.15, 0.2) is 36.7 Å². The van der Waals surface area contributed by atoms with E-state index in [9.17, 15) is 13.2 Å². The van der Waals surface area contributed by atoms with Gasteiger partial charge in [0.05, 0.1) is 18.3 Å². The van der Waals surface area contributed by atoms with E-state index in [1.807, 2.05) is 0 Å². The largest absolute Gasteiger partial charge is 0.416 e. The summed E-state index contributed by atoms with van der Waals surface area (Å²) in [4.78, 5) is 0. The number of alkyl halides is 3. The highest BCUT2D eigenvalue weighted by Gasteiger charge is 2.30. The Kier molecular flexibility index (Phi) is 3.90. The van der Waals surface area contributed by atoms with E-state index in [0.29, 0.717) is 12.0 Å². The van der Waals surface area contributed by atoms with Gasteiger partial charge in [0.25, 0.3) is 0 Å². The van der Waals surface area contributed by atoms with E-state index >= 15 is 0 Å². The van der Waals surface area contributed by atoms with E-state index in [4.69, 9.17) is 5.11 Å². The summed E-state index contributed by atoms with van der Waals surface area (Å²) in [5.41, 5.74) is 0.732. The molecule has 2 rings (SSSR count). The number of rotatable bonds is 4. The van der Waals surface area contributed by atoms with Gasteiger partial charge in [0.1, 0.15) is 0 Å². The van der Waals surface area contributed by atoms with Crippen molar-refractivity contribution in [3.8, 4) is 0 Å². The lowest BCUT2D eigenvalue weighted by atomic mass is 10.1. The molecule has 0 aliphatic carbocycles. The first kappa shape index (κ1) is 13.6. The van der Waals surface area contributed by atoms with E-state index in [1.165, 1.54) is 6.07 Å². The second-order valence-corrected chi connectivity index (χ2v) is 4.22. The lowest BCUT2D eigenvalue weighted by Gasteiger charge is -2.08. The van der Waals surface area contributed by atoms with Crippen molar-refractivity contribution in [3.63, 3.8) is 0 Å². The molecular weight excluding hydrogens is 257 g/mol. The molecule has 0 radical (unpaired) electrons. The third kappa shape index (κ3) is 3.57. The van der Waals surface area contributed by atoms with Crippen LogP contribution in [0.1, 0.15) is 16.7 Å². The van der Waals surface area contributed by atoms with Crippen LogP contribution in [-0.2, 0) is 19.1 Å². The number of aliphatic hydroxyl groups is 1. The SMILES string of the molecule is OCCc1cnn(Cc2cccc(C(F)(F)F)c2)c1. The zero-order chi connectivity index (χ0) is 13.9. The molecule has 0 bridgehead atoms. The van der Waals surface area contributed by atoms with Gasteiger partial charge >= 0.3 is 6.18 Å². The van der Waals surface area contributed by atoms with Gasteiger partial charge in [0.2, 0.25) is 0 Å². The Morgan fingerprint density at radius 2 is 2.00 bits per heavy atom. The Balaban J connectivity index is 2.14. The molecule has 0 aliphatic rings. The molecule has 0 spiro atoms. The molecule has 1 aromatic carbocycles. The highest BCUT2D eigenvalue weighted by Crippen LogP contribution is 2.29. The second-order valence-electron chi connectivity index (χ2n) is 4.22. The average molecular weight is 270 g/mol. The van der Waals surface area contributed by atoms with Gasteiger partial charge in [0, 0.05) is 12.8 Å². The summed E-state index contributed by atoms with van der Waals surface area (Å²) in [6.45, 7) is 0.296. The van der Waals surface area contributed by atoms with Crippen molar-refractivity contribution in [2.24, 2.45) is 0 Å². The van der Waals surface area contributed by atoms with Crippen LogP contribution in [0.3, 0.4) is 0 Å². The maximum absolute atomic E-state index is 12.6. The third-order valence-electron chi connectivity index (χ3n) is 2.69. The fraction of sp³-hybridized carbons (Fsp3) is 0.308. The highest BCUT2D eigenvalue weighted by atomic mass is 19.4. The predicted octanol–water partition coefficient (Wildman–Crippen LogP) is 2.49. The second kappa shape index (κ2) is 5.44. The molecule has 0 saturated carbocycles. The Morgan fingerprint density at radius 3 is 2.68 bits per heavy atom. The molecule has 19 heavy (non-hydrogen) atoms. The lowest BCUT2D eigenvalue weighted by Crippen LogP contribution is -2.07. The summed E-state index contributed by atoms with van der Waals surface area (Å²) in [6.07, 6.45) is -0.523. The molecule has 0 amide bonds. The van der Waals surface area contributed by atoms with Crippen LogP contribution in [0.5, 0.6) is 0 Å². The number of halogens is 3.